The molecular weight excluding hydrogens is 393 g/mol. The Morgan fingerprint density at radius 2 is 1.33 bits per heavy atom. The third kappa shape index (κ3) is 9.05. The second-order valence-corrected chi connectivity index (χ2v) is 9.03. The molecule has 0 aliphatic heterocycles. The number of alkyl halides is 3. The molecule has 0 heterocycles. The Kier molecular flexibility index (Phi) is 11.4. The molecule has 0 aliphatic carbocycles. The first kappa shape index (κ1) is 21.5. The van der Waals surface area contributed by atoms with Gasteiger partial charge in [-0.25, -0.2) is 0 Å². The van der Waals surface area contributed by atoms with E-state index in [-0.39, 0.29) is 5.75 Å². The van der Waals surface area contributed by atoms with Gasteiger partial charge in [0.15, 0.2) is 0 Å². The van der Waals surface area contributed by atoms with Gasteiger partial charge < -0.3 is 4.74 Å². The van der Waals surface area contributed by atoms with Crippen molar-refractivity contribution < 1.29 is 17.9 Å². The van der Waals surface area contributed by atoms with E-state index in [4.69, 9.17) is 0 Å². The van der Waals surface area contributed by atoms with E-state index in [9.17, 15) is 13.2 Å². The molecule has 0 spiro atoms. The molecule has 0 amide bonds. The van der Waals surface area contributed by atoms with E-state index in [1.807, 2.05) is 12.1 Å². The zero-order valence-electron chi connectivity index (χ0n) is 12.8. The maximum Gasteiger partial charge on any atom is 0.387 e. The zero-order valence-corrected chi connectivity index (χ0v) is 16.2. The van der Waals surface area contributed by atoms with Gasteiger partial charge in [0.2, 0.25) is 0 Å². The fourth-order valence-corrected chi connectivity index (χ4v) is 5.34. The normalized spacial score (nSPS) is 10.2. The summed E-state index contributed by atoms with van der Waals surface area (Å²) in [6, 6.07) is 14.9. The lowest BCUT2D eigenvalue weighted by Crippen LogP contribution is -2.01. The lowest BCUT2D eigenvalue weighted by Gasteiger charge is -2.05. The molecule has 8 heteroatoms. The molecule has 0 aliphatic rings. The minimum Gasteiger partial charge on any atom is -0.435 e. The van der Waals surface area contributed by atoms with Gasteiger partial charge in [0.25, 0.3) is 0 Å². The lowest BCUT2D eigenvalue weighted by atomic mass is 10.2. The first-order chi connectivity index (χ1) is 11.6. The lowest BCUT2D eigenvalue weighted by molar-refractivity contribution is -0.0498. The average Bonchev–Trinajstić information content (AvgIpc) is 2.59. The van der Waals surface area contributed by atoms with Crippen molar-refractivity contribution in [1.82, 2.24) is 0 Å². The van der Waals surface area contributed by atoms with Crippen molar-refractivity contribution in [3.8, 4) is 5.75 Å². The van der Waals surface area contributed by atoms with Crippen LogP contribution in [0.5, 0.6) is 5.75 Å². The van der Waals surface area contributed by atoms with Crippen LogP contribution in [0.2, 0.25) is 0 Å². The fraction of sp³-hybridized carbons (Fsp3) is 0.250. The summed E-state index contributed by atoms with van der Waals surface area (Å²) in [7, 11) is 5.72. The molecule has 0 N–H and O–H groups in total. The Labute approximate surface area is 157 Å². The molecule has 2 rings (SSSR count). The number of benzene rings is 2. The highest BCUT2D eigenvalue weighted by Gasteiger charge is 2.04. The minimum atomic E-state index is -2.77. The maximum absolute atomic E-state index is 12.0. The second kappa shape index (κ2) is 12.7. The largest absolute Gasteiger partial charge is 0.435 e. The molecule has 0 fully saturated rings. The van der Waals surface area contributed by atoms with Crippen LogP contribution in [0, 0.1) is 0 Å². The number of hydrogen-bond acceptors (Lipinski definition) is 5. The topological polar surface area (TPSA) is 9.23 Å². The Morgan fingerprint density at radius 3 is 1.79 bits per heavy atom. The van der Waals surface area contributed by atoms with Crippen LogP contribution in [0.1, 0.15) is 11.1 Å². The standard InChI is InChI=1S/C15H14F2OS4.CH3F/c16-15(17)18-13-5-1-11(2-6-13)9-20-22-21-10-12-3-7-14(19)8-4-12;1-2/h1-8,15,19H,9-10H2;1H3. The highest BCUT2D eigenvalue weighted by Crippen LogP contribution is 2.39. The van der Waals surface area contributed by atoms with Gasteiger partial charge in [0, 0.05) is 16.4 Å². The fourth-order valence-electron chi connectivity index (χ4n) is 1.58. The van der Waals surface area contributed by atoms with Crippen molar-refractivity contribution in [2.75, 3.05) is 7.18 Å². The van der Waals surface area contributed by atoms with E-state index in [2.05, 4.69) is 29.5 Å². The van der Waals surface area contributed by atoms with Gasteiger partial charge in [0.05, 0.1) is 7.18 Å². The van der Waals surface area contributed by atoms with Gasteiger partial charge >= 0.3 is 6.61 Å². The van der Waals surface area contributed by atoms with E-state index in [0.717, 1.165) is 22.0 Å². The smallest absolute Gasteiger partial charge is 0.387 e. The molecule has 0 atom stereocenters. The average molecular weight is 411 g/mol. The van der Waals surface area contributed by atoms with Crippen LogP contribution in [-0.4, -0.2) is 13.8 Å². The van der Waals surface area contributed by atoms with Crippen LogP contribution in [0.4, 0.5) is 13.2 Å². The predicted octanol–water partition coefficient (Wildman–Crippen LogP) is 6.89. The molecule has 0 unspecified atom stereocenters. The van der Waals surface area contributed by atoms with Gasteiger partial charge in [-0.05, 0) is 45.2 Å². The number of hydrogen-bond donors (Lipinski definition) is 1. The van der Waals surface area contributed by atoms with Crippen LogP contribution in [0.25, 0.3) is 0 Å². The molecule has 0 saturated heterocycles. The molecule has 2 aromatic carbocycles. The summed E-state index contributed by atoms with van der Waals surface area (Å²) in [6.45, 7) is -2.77. The van der Waals surface area contributed by atoms with Crippen molar-refractivity contribution in [3.63, 3.8) is 0 Å². The Morgan fingerprint density at radius 1 is 0.875 bits per heavy atom. The SMILES string of the molecule is CF.FC(F)Oc1ccc(CSSSCc2ccc(S)cc2)cc1. The zero-order chi connectivity index (χ0) is 17.8. The van der Waals surface area contributed by atoms with Crippen molar-refractivity contribution in [3.05, 3.63) is 59.7 Å². The van der Waals surface area contributed by atoms with Crippen molar-refractivity contribution in [1.29, 1.82) is 0 Å². The van der Waals surface area contributed by atoms with E-state index in [0.29, 0.717) is 7.18 Å². The first-order valence-corrected chi connectivity index (χ1v) is 11.0. The number of ether oxygens (including phenoxy) is 1. The van der Waals surface area contributed by atoms with E-state index >= 15 is 0 Å². The van der Waals surface area contributed by atoms with Gasteiger partial charge in [-0.3, -0.25) is 4.39 Å². The van der Waals surface area contributed by atoms with Crippen molar-refractivity contribution in [2.24, 2.45) is 0 Å². The van der Waals surface area contributed by atoms with Crippen LogP contribution in [0.15, 0.2) is 53.4 Å². The summed E-state index contributed by atoms with van der Waals surface area (Å²) in [5.74, 6) is 1.95. The van der Waals surface area contributed by atoms with Gasteiger partial charge in [-0.2, -0.15) is 8.78 Å². The Balaban J connectivity index is 0.00000139. The Bertz CT molecular complexity index is 565. The third-order valence-electron chi connectivity index (χ3n) is 2.63. The van der Waals surface area contributed by atoms with Gasteiger partial charge in [-0.1, -0.05) is 45.9 Å². The van der Waals surface area contributed by atoms with Gasteiger partial charge in [-0.15, -0.1) is 12.6 Å². The maximum atomic E-state index is 12.0. The van der Waals surface area contributed by atoms with E-state index < -0.39 is 6.61 Å². The summed E-state index contributed by atoms with van der Waals surface area (Å²) < 4.78 is 37.9. The van der Waals surface area contributed by atoms with Crippen molar-refractivity contribution in [2.45, 2.75) is 23.0 Å². The summed E-state index contributed by atoms with van der Waals surface area (Å²) in [4.78, 5) is 0.968. The van der Waals surface area contributed by atoms with Crippen LogP contribution >= 0.6 is 44.0 Å². The van der Waals surface area contributed by atoms with Crippen LogP contribution in [-0.2, 0) is 11.5 Å². The molecule has 24 heavy (non-hydrogen) atoms. The molecular formula is C16H17F3OS4. The summed E-state index contributed by atoms with van der Waals surface area (Å²) >= 11 is 4.26. The Hall–Kier alpha value is -0.570. The quantitative estimate of drug-likeness (QED) is 0.288. The third-order valence-corrected chi connectivity index (χ3v) is 7.04. The molecule has 132 valence electrons. The predicted molar refractivity (Wildman–Crippen MR) is 104 cm³/mol. The highest BCUT2D eigenvalue weighted by atomic mass is 33.5. The summed E-state index contributed by atoms with van der Waals surface area (Å²) in [5, 5.41) is 0. The summed E-state index contributed by atoms with van der Waals surface area (Å²) in [6.07, 6.45) is 0. The molecule has 0 bridgehead atoms. The van der Waals surface area contributed by atoms with E-state index in [1.54, 1.807) is 55.7 Å². The molecule has 1 nitrogen and oxygen atoms in total. The van der Waals surface area contributed by atoms with Gasteiger partial charge in [0.1, 0.15) is 5.75 Å². The van der Waals surface area contributed by atoms with Crippen LogP contribution in [0.3, 0.4) is 0 Å². The van der Waals surface area contributed by atoms with E-state index in [1.165, 1.54) is 5.56 Å². The molecule has 0 saturated carbocycles. The molecule has 0 radical (unpaired) electrons. The van der Waals surface area contributed by atoms with Crippen LogP contribution < -0.4 is 4.74 Å². The minimum absolute atomic E-state index is 0.193. The second-order valence-electron chi connectivity index (χ2n) is 4.28. The monoisotopic (exact) mass is 410 g/mol. The first-order valence-electron chi connectivity index (χ1n) is 6.74. The number of halogens is 3. The number of rotatable bonds is 8. The highest BCUT2D eigenvalue weighted by molar-refractivity contribution is 9.09. The molecule has 0 aromatic heterocycles. The molecule has 2 aromatic rings. The summed E-state index contributed by atoms with van der Waals surface area (Å²) in [5.41, 5.74) is 2.35. The number of thiol groups is 1. The van der Waals surface area contributed by atoms with Crippen molar-refractivity contribution >= 4 is 44.0 Å².